The molecule has 0 amide bonds. The summed E-state index contributed by atoms with van der Waals surface area (Å²) >= 11 is 9.53. The normalized spacial score (nSPS) is 7.08. The molecule has 0 aromatic carbocycles. The van der Waals surface area contributed by atoms with E-state index in [1.807, 2.05) is 0 Å². The first kappa shape index (κ1) is 18.8. The summed E-state index contributed by atoms with van der Waals surface area (Å²) in [6, 6.07) is 1.75. The first-order valence-corrected chi connectivity index (χ1v) is 5.74. The summed E-state index contributed by atoms with van der Waals surface area (Å²) < 4.78 is 0. The Kier molecular flexibility index (Phi) is 42.7. The Morgan fingerprint density at radius 2 is 1.23 bits per heavy atom. The van der Waals surface area contributed by atoms with Crippen LogP contribution in [0.25, 0.3) is 0 Å². The van der Waals surface area contributed by atoms with Crippen molar-refractivity contribution in [1.82, 2.24) is 0 Å². The fourth-order valence-electron chi connectivity index (χ4n) is 0.677. The van der Waals surface area contributed by atoms with Crippen LogP contribution in [-0.4, -0.2) is 5.34 Å². The van der Waals surface area contributed by atoms with Crippen LogP contribution in [0.2, 0.25) is 0 Å². The van der Waals surface area contributed by atoms with Crippen LogP contribution < -0.4 is 0 Å². The van der Waals surface area contributed by atoms with Gasteiger partial charge in [0, 0.05) is 6.92 Å². The van der Waals surface area contributed by atoms with Crippen molar-refractivity contribution in [3.63, 3.8) is 0 Å². The summed E-state index contributed by atoms with van der Waals surface area (Å²) in [6.45, 7) is 5.92. The van der Waals surface area contributed by atoms with Crippen molar-refractivity contribution >= 4 is 23.2 Å². The molecular weight excluding hydrogens is 205 g/mol. The lowest BCUT2D eigenvalue weighted by Gasteiger charge is -1.90. The highest BCUT2D eigenvalue weighted by Crippen LogP contribution is 2.00. The van der Waals surface area contributed by atoms with Crippen LogP contribution in [0.3, 0.4) is 0 Å². The number of hydrogen-bond donors (Lipinski definition) is 0. The molecule has 3 heteroatoms. The van der Waals surface area contributed by atoms with Gasteiger partial charge in [-0.05, 0) is 0 Å². The van der Waals surface area contributed by atoms with Crippen molar-refractivity contribution in [2.24, 2.45) is 0 Å². The van der Waals surface area contributed by atoms with Gasteiger partial charge in [-0.25, -0.2) is 0 Å². The third-order valence-corrected chi connectivity index (χ3v) is 1.21. The van der Waals surface area contributed by atoms with E-state index in [1.165, 1.54) is 39.0 Å². The van der Waals surface area contributed by atoms with Crippen LogP contribution in [0, 0.1) is 11.3 Å². The fourth-order valence-corrected chi connectivity index (χ4v) is 0.677. The first-order chi connectivity index (χ1) is 6.24. The maximum atomic E-state index is 7.32. The summed E-state index contributed by atoms with van der Waals surface area (Å²) in [5.41, 5.74) is 0. The maximum Gasteiger partial charge on any atom is 0.0967 e. The molecule has 0 N–H and O–H groups in total. The molecule has 0 spiro atoms. The first-order valence-electron chi connectivity index (χ1n) is 4.67. The maximum absolute atomic E-state index is 7.32. The molecule has 0 aromatic rings. The van der Waals surface area contributed by atoms with E-state index in [0.717, 1.165) is 0 Å². The number of unbranched alkanes of at least 4 members (excludes halogenated alkanes) is 4. The number of alkyl halides is 2. The third kappa shape index (κ3) is 73.9. The van der Waals surface area contributed by atoms with Gasteiger partial charge in [-0.15, -0.1) is 23.2 Å². The van der Waals surface area contributed by atoms with Crippen molar-refractivity contribution in [1.29, 1.82) is 5.26 Å². The Bertz CT molecular complexity index is 85.4. The molecule has 0 radical (unpaired) electrons. The van der Waals surface area contributed by atoms with Gasteiger partial charge >= 0.3 is 0 Å². The summed E-state index contributed by atoms with van der Waals surface area (Å²) in [4.78, 5) is 0. The lowest BCUT2D eigenvalue weighted by Crippen LogP contribution is -1.70. The van der Waals surface area contributed by atoms with Gasteiger partial charge in [0.2, 0.25) is 0 Å². The van der Waals surface area contributed by atoms with Crippen molar-refractivity contribution < 1.29 is 0 Å². The minimum absolute atomic E-state index is 0.194. The zero-order valence-corrected chi connectivity index (χ0v) is 10.5. The van der Waals surface area contributed by atoms with E-state index in [1.54, 1.807) is 6.07 Å². The smallest absolute Gasteiger partial charge is 0.0967 e. The molecule has 0 rings (SSSR count). The van der Waals surface area contributed by atoms with Crippen LogP contribution in [0.5, 0.6) is 0 Å². The van der Waals surface area contributed by atoms with Crippen LogP contribution in [0.1, 0.15) is 52.9 Å². The molecule has 0 saturated carbocycles. The number of rotatable bonds is 4. The Hall–Kier alpha value is 0.0700. The molecule has 0 aliphatic rings. The minimum Gasteiger partial charge on any atom is -0.199 e. The van der Waals surface area contributed by atoms with Crippen molar-refractivity contribution in [3.05, 3.63) is 0 Å². The van der Waals surface area contributed by atoms with Gasteiger partial charge < -0.3 is 0 Å². The van der Waals surface area contributed by atoms with Gasteiger partial charge in [-0.2, -0.15) is 5.26 Å². The lowest BCUT2D eigenvalue weighted by molar-refractivity contribution is 0.656. The third-order valence-electron chi connectivity index (χ3n) is 1.21. The summed E-state index contributed by atoms with van der Waals surface area (Å²) in [6.07, 6.45) is 7.01. The van der Waals surface area contributed by atoms with Gasteiger partial charge in [0.25, 0.3) is 0 Å². The molecule has 0 unspecified atom stereocenters. The zero-order chi connectivity index (χ0) is 10.9. The summed E-state index contributed by atoms with van der Waals surface area (Å²) in [5, 5.41) is 7.51. The van der Waals surface area contributed by atoms with E-state index in [0.29, 0.717) is 0 Å². The molecule has 0 bridgehead atoms. The topological polar surface area (TPSA) is 23.8 Å². The minimum atomic E-state index is 0.194. The van der Waals surface area contributed by atoms with Crippen molar-refractivity contribution in [3.8, 4) is 6.07 Å². The van der Waals surface area contributed by atoms with Crippen LogP contribution in [0.4, 0.5) is 0 Å². The van der Waals surface area contributed by atoms with Crippen molar-refractivity contribution in [2.45, 2.75) is 52.9 Å². The number of nitrogens with zero attached hydrogens (tertiary/aromatic N) is 1. The highest BCUT2D eigenvalue weighted by molar-refractivity contribution is 6.40. The lowest BCUT2D eigenvalue weighted by atomic mass is 10.2. The molecular formula is C10H21Cl2N. The van der Waals surface area contributed by atoms with Crippen LogP contribution in [0.15, 0.2) is 0 Å². The molecule has 0 heterocycles. The molecule has 0 aliphatic carbocycles. The highest BCUT2D eigenvalue weighted by atomic mass is 35.5. The van der Waals surface area contributed by atoms with Crippen LogP contribution in [-0.2, 0) is 0 Å². The molecule has 13 heavy (non-hydrogen) atoms. The van der Waals surface area contributed by atoms with E-state index >= 15 is 0 Å². The average molecular weight is 226 g/mol. The molecule has 0 aromatic heterocycles. The molecule has 1 nitrogen and oxygen atoms in total. The van der Waals surface area contributed by atoms with E-state index < -0.39 is 0 Å². The quantitative estimate of drug-likeness (QED) is 0.492. The molecule has 0 atom stereocenters. The zero-order valence-electron chi connectivity index (χ0n) is 8.95. The Labute approximate surface area is 93.0 Å². The highest BCUT2D eigenvalue weighted by Gasteiger charge is 1.80. The summed E-state index contributed by atoms with van der Waals surface area (Å²) in [7, 11) is 0. The van der Waals surface area contributed by atoms with Gasteiger partial charge in [0.05, 0.1) is 11.4 Å². The van der Waals surface area contributed by atoms with Crippen LogP contribution >= 0.6 is 23.2 Å². The van der Waals surface area contributed by atoms with Gasteiger partial charge in [-0.3, -0.25) is 0 Å². The Morgan fingerprint density at radius 1 is 1.00 bits per heavy atom. The molecule has 0 fully saturated rings. The van der Waals surface area contributed by atoms with E-state index in [-0.39, 0.29) is 5.34 Å². The monoisotopic (exact) mass is 225 g/mol. The summed E-state index contributed by atoms with van der Waals surface area (Å²) in [5.74, 6) is 0. The number of halogens is 2. The van der Waals surface area contributed by atoms with E-state index in [4.69, 9.17) is 28.5 Å². The number of nitriles is 1. The Morgan fingerprint density at radius 3 is 1.38 bits per heavy atom. The van der Waals surface area contributed by atoms with Gasteiger partial charge in [0.1, 0.15) is 0 Å². The van der Waals surface area contributed by atoms with E-state index in [9.17, 15) is 0 Å². The molecule has 0 aliphatic heterocycles. The predicted octanol–water partition coefficient (Wildman–Crippen LogP) is 4.93. The van der Waals surface area contributed by atoms with E-state index in [2.05, 4.69) is 13.8 Å². The standard InChI is InChI=1S/C7H16.C2H3N.CH2Cl2/c1-3-5-7-6-4-2;1-2-3;2-1-3/h3-7H2,1-2H3;1H3;1H2. The SMILES string of the molecule is CC#N.CCCCCCC.ClCCl. The van der Waals surface area contributed by atoms with Gasteiger partial charge in [-0.1, -0.05) is 46.0 Å². The largest absolute Gasteiger partial charge is 0.199 e. The average Bonchev–Trinajstić information content (AvgIpc) is 2.08. The number of hydrogen-bond acceptors (Lipinski definition) is 1. The van der Waals surface area contributed by atoms with Crippen molar-refractivity contribution in [2.75, 3.05) is 5.34 Å². The Balaban J connectivity index is -0.000000140. The predicted molar refractivity (Wildman–Crippen MR) is 62.3 cm³/mol. The second-order valence-electron chi connectivity index (χ2n) is 2.39. The fraction of sp³-hybridized carbons (Fsp3) is 0.900. The molecule has 0 saturated heterocycles. The second kappa shape index (κ2) is 29.6. The second-order valence-corrected chi connectivity index (χ2v) is 3.19. The van der Waals surface area contributed by atoms with Gasteiger partial charge in [0.15, 0.2) is 0 Å². The molecule has 80 valence electrons.